The minimum Gasteiger partial charge on any atom is -0.327 e. The van der Waals surface area contributed by atoms with E-state index in [0.717, 1.165) is 44.1 Å². The number of ether oxygens (including phenoxy) is 3. The predicted molar refractivity (Wildman–Crippen MR) is 119 cm³/mol. The molecule has 1 unspecified atom stereocenters. The number of unbranched alkanes of at least 4 members (excludes halogenated alkanes) is 5. The highest BCUT2D eigenvalue weighted by atomic mass is 19.1. The Morgan fingerprint density at radius 1 is 0.759 bits per heavy atom. The minimum atomic E-state index is -1.15. The van der Waals surface area contributed by atoms with Crippen LogP contribution in [0, 0.1) is 5.82 Å². The van der Waals surface area contributed by atoms with E-state index in [2.05, 4.69) is 27.7 Å². The van der Waals surface area contributed by atoms with Gasteiger partial charge < -0.3 is 14.2 Å². The minimum absolute atomic E-state index is 0.158. The van der Waals surface area contributed by atoms with Crippen LogP contribution in [-0.2, 0) is 14.2 Å². The molecule has 0 saturated heterocycles. The number of benzene rings is 1. The second kappa shape index (κ2) is 15.8. The third-order valence-corrected chi connectivity index (χ3v) is 5.05. The Balaban J connectivity index is 3.10. The molecule has 0 heterocycles. The van der Waals surface area contributed by atoms with Gasteiger partial charge >= 0.3 is 0 Å². The molecule has 0 bridgehead atoms. The molecule has 0 aliphatic rings. The van der Waals surface area contributed by atoms with E-state index in [1.165, 1.54) is 31.7 Å². The summed E-state index contributed by atoms with van der Waals surface area (Å²) in [6.07, 6.45) is 10.7. The topological polar surface area (TPSA) is 27.7 Å². The number of rotatable bonds is 18. The van der Waals surface area contributed by atoms with Gasteiger partial charge in [0.1, 0.15) is 5.82 Å². The van der Waals surface area contributed by atoms with Crippen molar-refractivity contribution in [2.45, 2.75) is 104 Å². The largest absolute Gasteiger partial charge is 0.327 e. The van der Waals surface area contributed by atoms with E-state index in [1.54, 1.807) is 12.1 Å². The summed E-state index contributed by atoms with van der Waals surface area (Å²) in [7, 11) is 0. The van der Waals surface area contributed by atoms with E-state index in [1.807, 2.05) is 6.07 Å². The highest BCUT2D eigenvalue weighted by Crippen LogP contribution is 2.39. The van der Waals surface area contributed by atoms with Crippen LogP contribution < -0.4 is 0 Å². The van der Waals surface area contributed by atoms with Gasteiger partial charge in [0.25, 0.3) is 5.97 Å². The number of hydrogen-bond acceptors (Lipinski definition) is 3. The molecule has 0 saturated carbocycles. The maximum Gasteiger partial charge on any atom is 0.290 e. The fraction of sp³-hybridized carbons (Fsp3) is 0.760. The van der Waals surface area contributed by atoms with Crippen molar-refractivity contribution in [2.75, 3.05) is 19.8 Å². The van der Waals surface area contributed by atoms with Crippen molar-refractivity contribution >= 4 is 0 Å². The molecule has 0 amide bonds. The molecule has 0 fully saturated rings. The second-order valence-electron chi connectivity index (χ2n) is 7.81. The zero-order chi connectivity index (χ0) is 21.4. The number of hydrogen-bond donors (Lipinski definition) is 0. The zero-order valence-electron chi connectivity index (χ0n) is 19.2. The molecular formula is C25H43FO3. The van der Waals surface area contributed by atoms with Gasteiger partial charge in [-0.25, -0.2) is 4.39 Å². The lowest BCUT2D eigenvalue weighted by molar-refractivity contribution is -0.392. The summed E-state index contributed by atoms with van der Waals surface area (Å²) >= 11 is 0. The zero-order valence-corrected chi connectivity index (χ0v) is 19.2. The summed E-state index contributed by atoms with van der Waals surface area (Å²) in [4.78, 5) is 0. The molecule has 0 aliphatic heterocycles. The highest BCUT2D eigenvalue weighted by Gasteiger charge is 2.43. The van der Waals surface area contributed by atoms with Gasteiger partial charge in [0.2, 0.25) is 0 Å². The standard InChI is InChI=1S/C25H43FO3/c1-5-9-10-11-12-13-17-24(22-15-14-16-23(26)21-22)25(27-18-6-2,28-19-7-3)29-20-8-4/h14-16,21,24H,5-13,17-20H2,1-4H3. The van der Waals surface area contributed by atoms with E-state index in [-0.39, 0.29) is 11.7 Å². The first kappa shape index (κ1) is 26.1. The van der Waals surface area contributed by atoms with Crippen molar-refractivity contribution in [1.29, 1.82) is 0 Å². The van der Waals surface area contributed by atoms with Gasteiger partial charge in [-0.3, -0.25) is 0 Å². The molecule has 1 aromatic carbocycles. The Bertz CT molecular complexity index is 499. The number of halogens is 1. The van der Waals surface area contributed by atoms with E-state index >= 15 is 0 Å². The van der Waals surface area contributed by atoms with Crippen molar-refractivity contribution < 1.29 is 18.6 Å². The Morgan fingerprint density at radius 3 is 1.83 bits per heavy atom. The molecule has 29 heavy (non-hydrogen) atoms. The first-order valence-corrected chi connectivity index (χ1v) is 11.8. The van der Waals surface area contributed by atoms with Crippen LogP contribution in [0.2, 0.25) is 0 Å². The van der Waals surface area contributed by atoms with Gasteiger partial charge in [-0.2, -0.15) is 0 Å². The summed E-state index contributed by atoms with van der Waals surface area (Å²) in [5.74, 6) is -1.54. The first-order chi connectivity index (χ1) is 14.1. The van der Waals surface area contributed by atoms with Gasteiger partial charge in [0.05, 0.1) is 25.7 Å². The SMILES string of the molecule is CCCCCCCCC(c1cccc(F)c1)C(OCCC)(OCCC)OCCC. The summed E-state index contributed by atoms with van der Waals surface area (Å²) in [5.41, 5.74) is 0.891. The lowest BCUT2D eigenvalue weighted by Gasteiger charge is -2.40. The van der Waals surface area contributed by atoms with E-state index in [0.29, 0.717) is 19.8 Å². The molecule has 3 nitrogen and oxygen atoms in total. The van der Waals surface area contributed by atoms with Crippen LogP contribution in [0.3, 0.4) is 0 Å². The van der Waals surface area contributed by atoms with Crippen molar-refractivity contribution in [3.05, 3.63) is 35.6 Å². The molecule has 1 atom stereocenters. The van der Waals surface area contributed by atoms with Crippen LogP contribution in [0.25, 0.3) is 0 Å². The molecule has 1 rings (SSSR count). The maximum absolute atomic E-state index is 14.1. The van der Waals surface area contributed by atoms with Gasteiger partial charge in [0, 0.05) is 0 Å². The Kier molecular flexibility index (Phi) is 14.2. The van der Waals surface area contributed by atoms with E-state index < -0.39 is 5.97 Å². The highest BCUT2D eigenvalue weighted by molar-refractivity contribution is 5.22. The fourth-order valence-corrected chi connectivity index (χ4v) is 3.56. The normalized spacial score (nSPS) is 13.0. The van der Waals surface area contributed by atoms with E-state index in [9.17, 15) is 4.39 Å². The second-order valence-corrected chi connectivity index (χ2v) is 7.81. The van der Waals surface area contributed by atoms with Crippen molar-refractivity contribution in [1.82, 2.24) is 0 Å². The summed E-state index contributed by atoms with van der Waals surface area (Å²) < 4.78 is 32.9. The van der Waals surface area contributed by atoms with Crippen LogP contribution >= 0.6 is 0 Å². The van der Waals surface area contributed by atoms with Crippen molar-refractivity contribution in [3.63, 3.8) is 0 Å². The maximum atomic E-state index is 14.1. The van der Waals surface area contributed by atoms with Crippen LogP contribution in [0.15, 0.2) is 24.3 Å². The van der Waals surface area contributed by atoms with Crippen LogP contribution in [0.4, 0.5) is 4.39 Å². The molecule has 1 aromatic rings. The van der Waals surface area contributed by atoms with Crippen LogP contribution in [-0.4, -0.2) is 25.8 Å². The lowest BCUT2D eigenvalue weighted by Crippen LogP contribution is -2.46. The monoisotopic (exact) mass is 410 g/mol. The van der Waals surface area contributed by atoms with Crippen molar-refractivity contribution in [3.8, 4) is 0 Å². The van der Waals surface area contributed by atoms with Crippen molar-refractivity contribution in [2.24, 2.45) is 0 Å². The molecular weight excluding hydrogens is 367 g/mol. The third kappa shape index (κ3) is 9.59. The molecule has 0 aliphatic carbocycles. The predicted octanol–water partition coefficient (Wildman–Crippen LogP) is 7.59. The molecule has 0 spiro atoms. The van der Waals surface area contributed by atoms with Gasteiger partial charge in [-0.05, 0) is 43.4 Å². The Hall–Kier alpha value is -0.970. The first-order valence-electron chi connectivity index (χ1n) is 11.8. The fourth-order valence-electron chi connectivity index (χ4n) is 3.56. The lowest BCUT2D eigenvalue weighted by atomic mass is 9.90. The Morgan fingerprint density at radius 2 is 1.31 bits per heavy atom. The molecule has 0 aromatic heterocycles. The van der Waals surface area contributed by atoms with Gasteiger partial charge in [0.15, 0.2) is 0 Å². The van der Waals surface area contributed by atoms with E-state index in [4.69, 9.17) is 14.2 Å². The Labute approximate surface area is 178 Å². The third-order valence-electron chi connectivity index (χ3n) is 5.05. The average Bonchev–Trinajstić information content (AvgIpc) is 2.73. The van der Waals surface area contributed by atoms with Gasteiger partial charge in [-0.1, -0.05) is 78.4 Å². The van der Waals surface area contributed by atoms with Gasteiger partial charge in [-0.15, -0.1) is 0 Å². The summed E-state index contributed by atoms with van der Waals surface area (Å²) in [5, 5.41) is 0. The summed E-state index contributed by atoms with van der Waals surface area (Å²) in [6.45, 7) is 10.1. The molecule has 168 valence electrons. The van der Waals surface area contributed by atoms with Crippen LogP contribution in [0.5, 0.6) is 0 Å². The summed E-state index contributed by atoms with van der Waals surface area (Å²) in [6, 6.07) is 6.83. The molecule has 0 N–H and O–H groups in total. The smallest absolute Gasteiger partial charge is 0.290 e. The molecule has 0 radical (unpaired) electrons. The average molecular weight is 411 g/mol. The molecule has 4 heteroatoms. The quantitative estimate of drug-likeness (QED) is 0.184. The van der Waals surface area contributed by atoms with Crippen LogP contribution in [0.1, 0.15) is 103 Å².